The Hall–Kier alpha value is -1.46. The van der Waals surface area contributed by atoms with Crippen LogP contribution in [0.15, 0.2) is 18.2 Å². The largest absolute Gasteiger partial charge is 0.478 e. The molecule has 1 atom stereocenters. The van der Waals surface area contributed by atoms with Gasteiger partial charge in [0.05, 0.1) is 18.3 Å². The summed E-state index contributed by atoms with van der Waals surface area (Å²) in [6.07, 6.45) is 1.13. The first-order valence-electron chi connectivity index (χ1n) is 6.45. The van der Waals surface area contributed by atoms with E-state index in [4.69, 9.17) is 9.84 Å². The van der Waals surface area contributed by atoms with E-state index >= 15 is 0 Å². The van der Waals surface area contributed by atoms with Gasteiger partial charge in [0, 0.05) is 19.6 Å². The summed E-state index contributed by atoms with van der Waals surface area (Å²) in [5.41, 5.74) is 0.685. The van der Waals surface area contributed by atoms with Crippen LogP contribution in [0.2, 0.25) is 0 Å². The minimum atomic E-state index is -1.09. The predicted molar refractivity (Wildman–Crippen MR) is 68.7 cm³/mol. The molecular weight excluding hydrogens is 249 g/mol. The van der Waals surface area contributed by atoms with E-state index in [2.05, 4.69) is 11.8 Å². The van der Waals surface area contributed by atoms with Crippen molar-refractivity contribution < 1.29 is 19.0 Å². The molecule has 1 aliphatic rings. The SMILES string of the molecule is CCC1CN(Cc2ccc(F)cc2C(=O)O)CCO1. The fourth-order valence-corrected chi connectivity index (χ4v) is 2.30. The molecule has 0 aliphatic carbocycles. The van der Waals surface area contributed by atoms with E-state index in [9.17, 15) is 9.18 Å². The molecule has 1 aliphatic heterocycles. The van der Waals surface area contributed by atoms with Gasteiger partial charge >= 0.3 is 5.97 Å². The van der Waals surface area contributed by atoms with Crippen LogP contribution in [0.5, 0.6) is 0 Å². The van der Waals surface area contributed by atoms with Crippen LogP contribution < -0.4 is 0 Å². The number of halogens is 1. The molecule has 0 radical (unpaired) electrons. The molecule has 0 spiro atoms. The van der Waals surface area contributed by atoms with Gasteiger partial charge < -0.3 is 9.84 Å². The molecule has 1 unspecified atom stereocenters. The van der Waals surface area contributed by atoms with Gasteiger partial charge in [0.1, 0.15) is 5.82 Å². The van der Waals surface area contributed by atoms with Crippen molar-refractivity contribution in [3.05, 3.63) is 35.1 Å². The molecule has 0 saturated carbocycles. The fourth-order valence-electron chi connectivity index (χ4n) is 2.30. The van der Waals surface area contributed by atoms with Crippen molar-refractivity contribution in [1.82, 2.24) is 4.90 Å². The molecule has 0 aromatic heterocycles. The van der Waals surface area contributed by atoms with Crippen LogP contribution in [0.25, 0.3) is 0 Å². The Bertz CT molecular complexity index is 464. The molecule has 1 N–H and O–H groups in total. The standard InChI is InChI=1S/C14H18FNO3/c1-2-12-9-16(5-6-19-12)8-10-3-4-11(15)7-13(10)14(17)18/h3-4,7,12H,2,5-6,8-9H2,1H3,(H,17,18). The Morgan fingerprint density at radius 3 is 3.05 bits per heavy atom. The quantitative estimate of drug-likeness (QED) is 0.908. The Morgan fingerprint density at radius 2 is 2.37 bits per heavy atom. The van der Waals surface area contributed by atoms with E-state index in [0.717, 1.165) is 25.6 Å². The summed E-state index contributed by atoms with van der Waals surface area (Å²) in [6, 6.07) is 3.93. The summed E-state index contributed by atoms with van der Waals surface area (Å²) in [4.78, 5) is 13.3. The minimum Gasteiger partial charge on any atom is -0.478 e. The third-order valence-electron chi connectivity index (χ3n) is 3.37. The van der Waals surface area contributed by atoms with Gasteiger partial charge in [-0.2, -0.15) is 0 Å². The van der Waals surface area contributed by atoms with Gasteiger partial charge in [-0.25, -0.2) is 9.18 Å². The normalized spacial score (nSPS) is 20.4. The van der Waals surface area contributed by atoms with Crippen molar-refractivity contribution in [3.63, 3.8) is 0 Å². The average Bonchev–Trinajstić information content (AvgIpc) is 2.41. The second-order valence-corrected chi connectivity index (χ2v) is 4.74. The summed E-state index contributed by atoms with van der Waals surface area (Å²) < 4.78 is 18.7. The van der Waals surface area contributed by atoms with E-state index in [1.807, 2.05) is 0 Å². The maximum atomic E-state index is 13.1. The molecule has 1 heterocycles. The summed E-state index contributed by atoms with van der Waals surface area (Å²) in [5, 5.41) is 9.11. The fraction of sp³-hybridized carbons (Fsp3) is 0.500. The van der Waals surface area contributed by atoms with Gasteiger partial charge in [0.15, 0.2) is 0 Å². The summed E-state index contributed by atoms with van der Waals surface area (Å²) >= 11 is 0. The van der Waals surface area contributed by atoms with Gasteiger partial charge in [0.25, 0.3) is 0 Å². The van der Waals surface area contributed by atoms with E-state index in [1.165, 1.54) is 6.07 Å². The average molecular weight is 267 g/mol. The topological polar surface area (TPSA) is 49.8 Å². The van der Waals surface area contributed by atoms with Gasteiger partial charge in [-0.05, 0) is 24.1 Å². The van der Waals surface area contributed by atoms with Crippen molar-refractivity contribution in [2.75, 3.05) is 19.7 Å². The number of carbonyl (C=O) groups is 1. The van der Waals surface area contributed by atoms with Crippen molar-refractivity contribution >= 4 is 5.97 Å². The minimum absolute atomic E-state index is 0.0412. The highest BCUT2D eigenvalue weighted by Gasteiger charge is 2.21. The van der Waals surface area contributed by atoms with Crippen LogP contribution in [-0.2, 0) is 11.3 Å². The Morgan fingerprint density at radius 1 is 1.58 bits per heavy atom. The zero-order valence-electron chi connectivity index (χ0n) is 10.9. The number of ether oxygens (including phenoxy) is 1. The van der Waals surface area contributed by atoms with E-state index < -0.39 is 11.8 Å². The van der Waals surface area contributed by atoms with Crippen LogP contribution in [-0.4, -0.2) is 41.8 Å². The first-order valence-corrected chi connectivity index (χ1v) is 6.45. The van der Waals surface area contributed by atoms with Crippen molar-refractivity contribution in [2.24, 2.45) is 0 Å². The maximum absolute atomic E-state index is 13.1. The van der Waals surface area contributed by atoms with E-state index in [0.29, 0.717) is 18.7 Å². The molecule has 1 aromatic rings. The Balaban J connectivity index is 2.12. The zero-order chi connectivity index (χ0) is 13.8. The van der Waals surface area contributed by atoms with Crippen LogP contribution in [0.3, 0.4) is 0 Å². The van der Waals surface area contributed by atoms with Crippen molar-refractivity contribution in [3.8, 4) is 0 Å². The number of hydrogen-bond acceptors (Lipinski definition) is 3. The van der Waals surface area contributed by atoms with E-state index in [-0.39, 0.29) is 11.7 Å². The number of rotatable bonds is 4. The third-order valence-corrected chi connectivity index (χ3v) is 3.37. The molecule has 104 valence electrons. The molecule has 4 nitrogen and oxygen atoms in total. The Labute approximate surface area is 111 Å². The summed E-state index contributed by atoms with van der Waals surface area (Å²) in [7, 11) is 0. The molecule has 19 heavy (non-hydrogen) atoms. The lowest BCUT2D eigenvalue weighted by Crippen LogP contribution is -2.41. The van der Waals surface area contributed by atoms with Gasteiger partial charge in [-0.1, -0.05) is 13.0 Å². The molecular formula is C14H18FNO3. The number of benzene rings is 1. The lowest BCUT2D eigenvalue weighted by atomic mass is 10.1. The number of carboxylic acid groups (broad SMARTS) is 1. The summed E-state index contributed by atoms with van der Waals surface area (Å²) in [5.74, 6) is -1.61. The lowest BCUT2D eigenvalue weighted by molar-refractivity contribution is -0.0325. The number of aromatic carboxylic acids is 1. The van der Waals surface area contributed by atoms with Crippen LogP contribution in [0.4, 0.5) is 4.39 Å². The molecule has 0 amide bonds. The van der Waals surface area contributed by atoms with Gasteiger partial charge in [-0.3, -0.25) is 4.90 Å². The number of nitrogens with zero attached hydrogens (tertiary/aromatic N) is 1. The van der Waals surface area contributed by atoms with Crippen molar-refractivity contribution in [1.29, 1.82) is 0 Å². The summed E-state index contributed by atoms with van der Waals surface area (Å²) in [6.45, 7) is 4.79. The lowest BCUT2D eigenvalue weighted by Gasteiger charge is -2.32. The maximum Gasteiger partial charge on any atom is 0.336 e. The molecule has 2 rings (SSSR count). The highest BCUT2D eigenvalue weighted by molar-refractivity contribution is 5.89. The Kier molecular flexibility index (Phi) is 4.50. The number of carboxylic acids is 1. The smallest absolute Gasteiger partial charge is 0.336 e. The molecule has 0 bridgehead atoms. The molecule has 1 aromatic carbocycles. The zero-order valence-corrected chi connectivity index (χ0v) is 10.9. The van der Waals surface area contributed by atoms with Crippen LogP contribution >= 0.6 is 0 Å². The second-order valence-electron chi connectivity index (χ2n) is 4.74. The predicted octanol–water partition coefficient (Wildman–Crippen LogP) is 2.13. The first kappa shape index (κ1) is 14.0. The number of morpholine rings is 1. The van der Waals surface area contributed by atoms with Gasteiger partial charge in [-0.15, -0.1) is 0 Å². The molecule has 1 fully saturated rings. The van der Waals surface area contributed by atoms with Crippen LogP contribution in [0.1, 0.15) is 29.3 Å². The first-order chi connectivity index (χ1) is 9.10. The van der Waals surface area contributed by atoms with Crippen LogP contribution in [0, 0.1) is 5.82 Å². The highest BCUT2D eigenvalue weighted by atomic mass is 19.1. The van der Waals surface area contributed by atoms with E-state index in [1.54, 1.807) is 6.07 Å². The molecule has 5 heteroatoms. The highest BCUT2D eigenvalue weighted by Crippen LogP contribution is 2.17. The number of hydrogen-bond donors (Lipinski definition) is 1. The van der Waals surface area contributed by atoms with Crippen molar-refractivity contribution in [2.45, 2.75) is 26.0 Å². The van der Waals surface area contributed by atoms with Gasteiger partial charge in [0.2, 0.25) is 0 Å². The second kappa shape index (κ2) is 6.12. The molecule has 1 saturated heterocycles. The monoisotopic (exact) mass is 267 g/mol. The third kappa shape index (κ3) is 3.52.